The summed E-state index contributed by atoms with van der Waals surface area (Å²) in [5.74, 6) is -0.990. The van der Waals surface area contributed by atoms with E-state index in [9.17, 15) is 30.0 Å². The summed E-state index contributed by atoms with van der Waals surface area (Å²) in [6, 6.07) is 0. The molecule has 1 saturated heterocycles. The Morgan fingerprint density at radius 2 is 0.918 bits per heavy atom. The van der Waals surface area contributed by atoms with Crippen molar-refractivity contribution in [1.82, 2.24) is 0 Å². The van der Waals surface area contributed by atoms with E-state index >= 15 is 0 Å². The molecular formula is C51H76O10. The van der Waals surface area contributed by atoms with E-state index < -0.39 is 55.4 Å². The maximum Gasteiger partial charge on any atom is 0.306 e. The minimum absolute atomic E-state index is 0.0832. The highest BCUT2D eigenvalue weighted by Gasteiger charge is 2.44. The lowest BCUT2D eigenvalue weighted by Gasteiger charge is -2.39. The smallest absolute Gasteiger partial charge is 0.306 e. The Morgan fingerprint density at radius 1 is 0.508 bits per heavy atom. The van der Waals surface area contributed by atoms with Crippen molar-refractivity contribution < 1.29 is 49.0 Å². The Bertz CT molecular complexity index is 1440. The fourth-order valence-corrected chi connectivity index (χ4v) is 5.60. The van der Waals surface area contributed by atoms with Crippen LogP contribution in [0.5, 0.6) is 0 Å². The number of aliphatic hydroxyl groups is 4. The van der Waals surface area contributed by atoms with Crippen molar-refractivity contribution in [2.24, 2.45) is 0 Å². The average Bonchev–Trinajstić information content (AvgIpc) is 3.26. The minimum Gasteiger partial charge on any atom is -0.462 e. The second-order valence-electron chi connectivity index (χ2n) is 14.4. The van der Waals surface area contributed by atoms with E-state index in [1.807, 2.05) is 18.2 Å². The number of allylic oxidation sites excluding steroid dienone is 22. The third-order valence-corrected chi connectivity index (χ3v) is 9.04. The lowest BCUT2D eigenvalue weighted by molar-refractivity contribution is -0.305. The van der Waals surface area contributed by atoms with Crippen molar-refractivity contribution >= 4 is 11.9 Å². The van der Waals surface area contributed by atoms with Crippen molar-refractivity contribution in [2.45, 2.75) is 153 Å². The number of hydrogen-bond acceptors (Lipinski definition) is 10. The molecule has 10 nitrogen and oxygen atoms in total. The van der Waals surface area contributed by atoms with Gasteiger partial charge in [-0.3, -0.25) is 9.59 Å². The van der Waals surface area contributed by atoms with Crippen LogP contribution in [0, 0.1) is 0 Å². The van der Waals surface area contributed by atoms with E-state index in [1.54, 1.807) is 0 Å². The van der Waals surface area contributed by atoms with Crippen molar-refractivity contribution in [3.8, 4) is 0 Å². The van der Waals surface area contributed by atoms with Gasteiger partial charge in [0.05, 0.1) is 13.2 Å². The monoisotopic (exact) mass is 849 g/mol. The fourth-order valence-electron chi connectivity index (χ4n) is 5.60. The van der Waals surface area contributed by atoms with Crippen LogP contribution in [0.4, 0.5) is 0 Å². The van der Waals surface area contributed by atoms with E-state index in [2.05, 4.69) is 129 Å². The Morgan fingerprint density at radius 3 is 1.34 bits per heavy atom. The quantitative estimate of drug-likeness (QED) is 0.0280. The van der Waals surface area contributed by atoms with Gasteiger partial charge in [-0.1, -0.05) is 148 Å². The van der Waals surface area contributed by atoms with Crippen LogP contribution in [0.15, 0.2) is 134 Å². The molecule has 1 heterocycles. The Kier molecular flexibility index (Phi) is 35.9. The number of aliphatic hydroxyl groups excluding tert-OH is 4. The van der Waals surface area contributed by atoms with Crippen LogP contribution in [-0.2, 0) is 28.5 Å². The Balaban J connectivity index is 2.45. The summed E-state index contributed by atoms with van der Waals surface area (Å²) in [5, 5.41) is 40.1. The average molecular weight is 849 g/mol. The molecule has 0 aliphatic carbocycles. The lowest BCUT2D eigenvalue weighted by Crippen LogP contribution is -2.59. The van der Waals surface area contributed by atoms with Gasteiger partial charge in [0.2, 0.25) is 0 Å². The van der Waals surface area contributed by atoms with Gasteiger partial charge >= 0.3 is 11.9 Å². The highest BCUT2D eigenvalue weighted by molar-refractivity contribution is 5.70. The second kappa shape index (κ2) is 39.9. The summed E-state index contributed by atoms with van der Waals surface area (Å²) >= 11 is 0. The molecule has 1 aliphatic rings. The zero-order valence-corrected chi connectivity index (χ0v) is 36.8. The third-order valence-electron chi connectivity index (χ3n) is 9.04. The van der Waals surface area contributed by atoms with Gasteiger partial charge in [0.1, 0.15) is 31.0 Å². The molecule has 340 valence electrons. The minimum atomic E-state index is -1.63. The maximum absolute atomic E-state index is 12.7. The van der Waals surface area contributed by atoms with Crippen molar-refractivity contribution in [1.29, 1.82) is 0 Å². The molecule has 6 atom stereocenters. The number of carbonyl (C=O) groups is 2. The van der Waals surface area contributed by atoms with Gasteiger partial charge in [0.15, 0.2) is 12.4 Å². The van der Waals surface area contributed by atoms with Gasteiger partial charge in [-0.2, -0.15) is 0 Å². The Hall–Kier alpha value is -4.16. The predicted octanol–water partition coefficient (Wildman–Crippen LogP) is 9.66. The SMILES string of the molecule is CC/C=C\C/C=C\C/C=C\C/C=C\C/C=C\C/C=C\CCC(=O)OC(COC(=O)CCC/C=C\C/C=C\C/C=C\C/C=C\C/C=C\CC)COC1OC(CO)C(O)C(O)C1O. The zero-order chi connectivity index (χ0) is 44.4. The summed E-state index contributed by atoms with van der Waals surface area (Å²) in [5.41, 5.74) is 0. The Labute approximate surface area is 366 Å². The van der Waals surface area contributed by atoms with Crippen molar-refractivity contribution in [2.75, 3.05) is 19.8 Å². The number of ether oxygens (including phenoxy) is 4. The van der Waals surface area contributed by atoms with Gasteiger partial charge in [0, 0.05) is 12.8 Å². The van der Waals surface area contributed by atoms with Crippen LogP contribution in [0.3, 0.4) is 0 Å². The molecule has 0 amide bonds. The van der Waals surface area contributed by atoms with E-state index in [0.29, 0.717) is 19.3 Å². The van der Waals surface area contributed by atoms with Crippen LogP contribution < -0.4 is 0 Å². The summed E-state index contributed by atoms with van der Waals surface area (Å²) in [6.45, 7) is 3.03. The maximum atomic E-state index is 12.7. The molecule has 6 unspecified atom stereocenters. The van der Waals surface area contributed by atoms with Crippen LogP contribution in [0.25, 0.3) is 0 Å². The summed E-state index contributed by atoms with van der Waals surface area (Å²) < 4.78 is 22.0. The largest absolute Gasteiger partial charge is 0.462 e. The summed E-state index contributed by atoms with van der Waals surface area (Å²) in [7, 11) is 0. The summed E-state index contributed by atoms with van der Waals surface area (Å²) in [6.07, 6.45) is 50.4. The second-order valence-corrected chi connectivity index (χ2v) is 14.4. The molecule has 0 bridgehead atoms. The molecule has 1 rings (SSSR count). The number of unbranched alkanes of at least 4 members (excludes halogenated alkanes) is 1. The highest BCUT2D eigenvalue weighted by Crippen LogP contribution is 2.22. The summed E-state index contributed by atoms with van der Waals surface area (Å²) in [4.78, 5) is 25.3. The zero-order valence-electron chi connectivity index (χ0n) is 36.8. The molecule has 0 aromatic carbocycles. The van der Waals surface area contributed by atoms with Gasteiger partial charge in [0.25, 0.3) is 0 Å². The van der Waals surface area contributed by atoms with Crippen LogP contribution >= 0.6 is 0 Å². The van der Waals surface area contributed by atoms with Gasteiger partial charge in [-0.15, -0.1) is 0 Å². The first-order valence-electron chi connectivity index (χ1n) is 22.3. The molecule has 0 saturated carbocycles. The first-order chi connectivity index (χ1) is 29.8. The van der Waals surface area contributed by atoms with E-state index in [4.69, 9.17) is 18.9 Å². The van der Waals surface area contributed by atoms with Crippen molar-refractivity contribution in [3.05, 3.63) is 134 Å². The van der Waals surface area contributed by atoms with Crippen LogP contribution in [0.1, 0.15) is 117 Å². The first-order valence-corrected chi connectivity index (χ1v) is 22.3. The lowest BCUT2D eigenvalue weighted by atomic mass is 9.99. The van der Waals surface area contributed by atoms with E-state index in [1.165, 1.54) is 0 Å². The van der Waals surface area contributed by atoms with Gasteiger partial charge < -0.3 is 39.4 Å². The molecular weight excluding hydrogens is 773 g/mol. The molecule has 10 heteroatoms. The van der Waals surface area contributed by atoms with Crippen LogP contribution in [0.2, 0.25) is 0 Å². The first kappa shape index (κ1) is 54.9. The van der Waals surface area contributed by atoms with Gasteiger partial charge in [-0.05, 0) is 89.9 Å². The van der Waals surface area contributed by atoms with Gasteiger partial charge in [-0.25, -0.2) is 0 Å². The third kappa shape index (κ3) is 31.4. The number of rotatable bonds is 34. The highest BCUT2D eigenvalue weighted by atomic mass is 16.7. The molecule has 0 aromatic heterocycles. The molecule has 1 fully saturated rings. The number of hydrogen-bond donors (Lipinski definition) is 4. The molecule has 61 heavy (non-hydrogen) atoms. The molecule has 0 spiro atoms. The standard InChI is InChI=1S/C51H76O10/c1-3-5-7-9-11-13-15-17-19-21-22-24-26-28-30-32-34-36-38-40-47(54)60-44(43-59-51-50(57)49(56)48(55)45(41-52)61-51)42-58-46(53)39-37-35-33-31-29-27-25-23-20-18-16-14-12-10-8-6-4-2/h5-8,11-14,17-20,22,24-25,27-28,30-31,33-34,36,44-45,48-52,55-57H,3-4,9-10,15-16,21,23,26,29,32,35,37-43H2,1-2H3/b7-5-,8-6-,13-11-,14-12-,19-17-,20-18-,24-22-,27-25-,30-28-,33-31-,36-34-. The number of carbonyl (C=O) groups excluding carboxylic acids is 2. The van der Waals surface area contributed by atoms with E-state index in [-0.39, 0.29) is 26.1 Å². The van der Waals surface area contributed by atoms with E-state index in [0.717, 1.165) is 70.6 Å². The normalized spacial score (nSPS) is 21.0. The molecule has 0 aromatic rings. The van der Waals surface area contributed by atoms with Crippen LogP contribution in [-0.4, -0.2) is 89.0 Å². The topological polar surface area (TPSA) is 152 Å². The molecule has 0 radical (unpaired) electrons. The molecule has 4 N–H and O–H groups in total. The van der Waals surface area contributed by atoms with Crippen molar-refractivity contribution in [3.63, 3.8) is 0 Å². The molecule has 1 aliphatic heterocycles. The fraction of sp³-hybridized carbons (Fsp3) is 0.529. The number of esters is 2. The predicted molar refractivity (Wildman–Crippen MR) is 246 cm³/mol.